The molecule has 0 radical (unpaired) electrons. The molecule has 3 aromatic rings. The van der Waals surface area contributed by atoms with Crippen molar-refractivity contribution in [3.8, 4) is 16.9 Å². The number of hydrogen-bond acceptors (Lipinski definition) is 3. The topological polar surface area (TPSA) is 32.8 Å². The maximum atomic E-state index is 12.6. The molecule has 4 nitrogen and oxygen atoms in total. The molecule has 1 amide bonds. The van der Waals surface area contributed by atoms with E-state index in [0.29, 0.717) is 0 Å². The second-order valence-corrected chi connectivity index (χ2v) is 7.76. The third kappa shape index (κ3) is 5.08. The Morgan fingerprint density at radius 2 is 1.43 bits per heavy atom. The molecule has 0 atom stereocenters. The highest BCUT2D eigenvalue weighted by atomic mass is 16.5. The second-order valence-electron chi connectivity index (χ2n) is 7.76. The van der Waals surface area contributed by atoms with Gasteiger partial charge in [-0.05, 0) is 41.3 Å². The minimum absolute atomic E-state index is 0.0534. The summed E-state index contributed by atoms with van der Waals surface area (Å²) in [4.78, 5) is 16.9. The predicted octanol–water partition coefficient (Wildman–Crippen LogP) is 4.39. The third-order valence-electron chi connectivity index (χ3n) is 5.70. The third-order valence-corrected chi connectivity index (χ3v) is 5.70. The van der Waals surface area contributed by atoms with Crippen LogP contribution in [-0.4, -0.2) is 48.5 Å². The molecule has 0 saturated carbocycles. The molecule has 4 rings (SSSR count). The summed E-state index contributed by atoms with van der Waals surface area (Å²) < 4.78 is 5.75. The summed E-state index contributed by atoms with van der Waals surface area (Å²) in [7, 11) is 0. The highest BCUT2D eigenvalue weighted by Crippen LogP contribution is 2.22. The van der Waals surface area contributed by atoms with Crippen LogP contribution in [0.5, 0.6) is 5.75 Å². The number of aryl methyl sites for hydroxylation is 1. The minimum Gasteiger partial charge on any atom is -0.484 e. The molecule has 0 aromatic heterocycles. The lowest BCUT2D eigenvalue weighted by Crippen LogP contribution is -2.49. The normalized spacial score (nSPS) is 14.5. The van der Waals surface area contributed by atoms with E-state index in [9.17, 15) is 4.79 Å². The summed E-state index contributed by atoms with van der Waals surface area (Å²) in [6.07, 6.45) is 0. The first-order valence-electron chi connectivity index (χ1n) is 10.5. The lowest BCUT2D eigenvalue weighted by Gasteiger charge is -2.35. The Bertz CT molecular complexity index is 962. The van der Waals surface area contributed by atoms with Crippen LogP contribution < -0.4 is 4.74 Å². The van der Waals surface area contributed by atoms with E-state index in [2.05, 4.69) is 48.2 Å². The average Bonchev–Trinajstić information content (AvgIpc) is 2.80. The smallest absolute Gasteiger partial charge is 0.260 e. The van der Waals surface area contributed by atoms with Gasteiger partial charge in [-0.3, -0.25) is 9.69 Å². The van der Waals surface area contributed by atoms with Gasteiger partial charge in [0.05, 0.1) is 0 Å². The van der Waals surface area contributed by atoms with Crippen molar-refractivity contribution < 1.29 is 9.53 Å². The Morgan fingerprint density at radius 3 is 2.13 bits per heavy atom. The van der Waals surface area contributed by atoms with Crippen molar-refractivity contribution in [3.63, 3.8) is 0 Å². The fourth-order valence-electron chi connectivity index (χ4n) is 3.79. The van der Waals surface area contributed by atoms with E-state index < -0.39 is 0 Å². The first-order chi connectivity index (χ1) is 14.7. The van der Waals surface area contributed by atoms with Crippen LogP contribution in [0.25, 0.3) is 11.1 Å². The molecule has 1 aliphatic heterocycles. The Balaban J connectivity index is 1.24. The maximum absolute atomic E-state index is 12.6. The van der Waals surface area contributed by atoms with Gasteiger partial charge in [0.2, 0.25) is 0 Å². The Hall–Kier alpha value is -3.11. The Kier molecular flexibility index (Phi) is 6.45. The summed E-state index contributed by atoms with van der Waals surface area (Å²) >= 11 is 0. The molecule has 0 bridgehead atoms. The average molecular weight is 401 g/mol. The summed E-state index contributed by atoms with van der Waals surface area (Å²) in [5.41, 5.74) is 4.99. The van der Waals surface area contributed by atoms with Crippen molar-refractivity contribution in [1.82, 2.24) is 9.80 Å². The van der Waals surface area contributed by atoms with Crippen LogP contribution in [0, 0.1) is 6.92 Å². The first-order valence-corrected chi connectivity index (χ1v) is 10.5. The summed E-state index contributed by atoms with van der Waals surface area (Å²) in [6.45, 7) is 6.47. The van der Waals surface area contributed by atoms with Gasteiger partial charge < -0.3 is 9.64 Å². The van der Waals surface area contributed by atoms with Crippen molar-refractivity contribution in [1.29, 1.82) is 0 Å². The lowest BCUT2D eigenvalue weighted by molar-refractivity contribution is -0.135. The number of rotatable bonds is 6. The number of carbonyl (C=O) groups is 1. The summed E-state index contributed by atoms with van der Waals surface area (Å²) in [5, 5.41) is 0. The molecule has 1 heterocycles. The van der Waals surface area contributed by atoms with Gasteiger partial charge in [0, 0.05) is 32.7 Å². The number of hydrogen-bond donors (Lipinski definition) is 0. The zero-order valence-corrected chi connectivity index (χ0v) is 17.5. The summed E-state index contributed by atoms with van der Waals surface area (Å²) in [6, 6.07) is 26.6. The molecule has 4 heteroatoms. The van der Waals surface area contributed by atoms with Crippen LogP contribution >= 0.6 is 0 Å². The van der Waals surface area contributed by atoms with E-state index in [-0.39, 0.29) is 12.5 Å². The van der Waals surface area contributed by atoms with Gasteiger partial charge in [-0.2, -0.15) is 0 Å². The molecule has 1 saturated heterocycles. The van der Waals surface area contributed by atoms with E-state index in [0.717, 1.165) is 44.0 Å². The highest BCUT2D eigenvalue weighted by molar-refractivity contribution is 5.78. The van der Waals surface area contributed by atoms with Gasteiger partial charge in [-0.15, -0.1) is 0 Å². The van der Waals surface area contributed by atoms with Gasteiger partial charge >= 0.3 is 0 Å². The number of ether oxygens (including phenoxy) is 1. The van der Waals surface area contributed by atoms with Crippen molar-refractivity contribution in [2.45, 2.75) is 13.5 Å². The Morgan fingerprint density at radius 1 is 0.800 bits per heavy atom. The van der Waals surface area contributed by atoms with E-state index in [1.807, 2.05) is 47.4 Å². The van der Waals surface area contributed by atoms with Crippen LogP contribution in [0.3, 0.4) is 0 Å². The van der Waals surface area contributed by atoms with Crippen LogP contribution in [0.1, 0.15) is 11.1 Å². The van der Waals surface area contributed by atoms with Crippen molar-refractivity contribution >= 4 is 5.91 Å². The molecule has 0 spiro atoms. The molecule has 0 N–H and O–H groups in total. The van der Waals surface area contributed by atoms with E-state index in [1.165, 1.54) is 16.7 Å². The van der Waals surface area contributed by atoms with E-state index in [1.54, 1.807) is 0 Å². The highest BCUT2D eigenvalue weighted by Gasteiger charge is 2.21. The molecule has 154 valence electrons. The number of benzene rings is 3. The molecule has 0 unspecified atom stereocenters. The monoisotopic (exact) mass is 400 g/mol. The maximum Gasteiger partial charge on any atom is 0.260 e. The zero-order valence-electron chi connectivity index (χ0n) is 17.5. The predicted molar refractivity (Wildman–Crippen MR) is 120 cm³/mol. The quantitative estimate of drug-likeness (QED) is 0.615. The lowest BCUT2D eigenvalue weighted by atomic mass is 10.1. The van der Waals surface area contributed by atoms with Gasteiger partial charge in [0.1, 0.15) is 5.75 Å². The second kappa shape index (κ2) is 9.59. The van der Waals surface area contributed by atoms with Gasteiger partial charge in [-0.25, -0.2) is 0 Å². The molecule has 1 aliphatic rings. The number of carbonyl (C=O) groups excluding carboxylic acids is 1. The minimum atomic E-state index is 0.0534. The van der Waals surface area contributed by atoms with Crippen LogP contribution in [-0.2, 0) is 11.3 Å². The summed E-state index contributed by atoms with van der Waals surface area (Å²) in [5.74, 6) is 0.777. The fraction of sp³-hybridized carbons (Fsp3) is 0.269. The molecular formula is C26H28N2O2. The zero-order chi connectivity index (χ0) is 20.8. The van der Waals surface area contributed by atoms with Gasteiger partial charge in [0.25, 0.3) is 5.91 Å². The Labute approximate surface area is 178 Å². The first kappa shape index (κ1) is 20.2. The molecule has 30 heavy (non-hydrogen) atoms. The van der Waals surface area contributed by atoms with Gasteiger partial charge in [-0.1, -0.05) is 66.7 Å². The van der Waals surface area contributed by atoms with Gasteiger partial charge in [0.15, 0.2) is 6.61 Å². The number of amides is 1. The van der Waals surface area contributed by atoms with Crippen LogP contribution in [0.4, 0.5) is 0 Å². The largest absolute Gasteiger partial charge is 0.484 e. The molecule has 3 aromatic carbocycles. The standard InChI is InChI=1S/C26H28N2O2/c1-21-7-5-6-10-24(21)19-27-15-17-28(18-16-27)26(29)20-30-25-13-11-23(12-14-25)22-8-3-2-4-9-22/h2-14H,15-20H2,1H3. The van der Waals surface area contributed by atoms with Crippen LogP contribution in [0.2, 0.25) is 0 Å². The van der Waals surface area contributed by atoms with E-state index in [4.69, 9.17) is 4.74 Å². The fourth-order valence-corrected chi connectivity index (χ4v) is 3.79. The van der Waals surface area contributed by atoms with Crippen molar-refractivity contribution in [3.05, 3.63) is 90.0 Å². The van der Waals surface area contributed by atoms with E-state index >= 15 is 0 Å². The molecule has 1 fully saturated rings. The number of piperazine rings is 1. The van der Waals surface area contributed by atoms with Crippen molar-refractivity contribution in [2.24, 2.45) is 0 Å². The SMILES string of the molecule is Cc1ccccc1CN1CCN(C(=O)COc2ccc(-c3ccccc3)cc2)CC1. The molecule has 0 aliphatic carbocycles. The number of nitrogens with zero attached hydrogens (tertiary/aromatic N) is 2. The molecular weight excluding hydrogens is 372 g/mol. The van der Waals surface area contributed by atoms with Crippen molar-refractivity contribution in [2.75, 3.05) is 32.8 Å². The van der Waals surface area contributed by atoms with Crippen LogP contribution in [0.15, 0.2) is 78.9 Å².